The Morgan fingerprint density at radius 1 is 1.16 bits per heavy atom. The standard InChI is InChI=1S/C19H19N3O3/c1-13-21-22-19(25-13)16-8-6-15(7-9-16)18(23)20-11-10-14-4-3-5-17(12-14)24-2/h3-9,12H,10-11H2,1-2H3,(H,20,23). The molecule has 0 aliphatic rings. The van der Waals surface area contributed by atoms with Crippen molar-refractivity contribution in [3.05, 3.63) is 65.5 Å². The highest BCUT2D eigenvalue weighted by atomic mass is 16.5. The molecule has 1 aromatic heterocycles. The lowest BCUT2D eigenvalue weighted by atomic mass is 10.1. The van der Waals surface area contributed by atoms with E-state index < -0.39 is 0 Å². The van der Waals surface area contributed by atoms with Crippen LogP contribution in [0.4, 0.5) is 0 Å². The Hall–Kier alpha value is -3.15. The van der Waals surface area contributed by atoms with Gasteiger partial charge in [0.15, 0.2) is 0 Å². The minimum absolute atomic E-state index is 0.115. The zero-order valence-electron chi connectivity index (χ0n) is 14.2. The van der Waals surface area contributed by atoms with Gasteiger partial charge in [0, 0.05) is 24.6 Å². The van der Waals surface area contributed by atoms with E-state index in [1.54, 1.807) is 38.3 Å². The molecule has 3 rings (SSSR count). The largest absolute Gasteiger partial charge is 0.497 e. The molecular formula is C19H19N3O3. The highest BCUT2D eigenvalue weighted by Gasteiger charge is 2.09. The number of hydrogen-bond acceptors (Lipinski definition) is 5. The Labute approximate surface area is 145 Å². The predicted octanol–water partition coefficient (Wildman–Crippen LogP) is 3.03. The molecule has 0 aliphatic heterocycles. The molecule has 128 valence electrons. The molecule has 0 unspecified atom stereocenters. The van der Waals surface area contributed by atoms with Gasteiger partial charge in [0.05, 0.1) is 7.11 Å². The Morgan fingerprint density at radius 2 is 1.96 bits per heavy atom. The third-order valence-corrected chi connectivity index (χ3v) is 3.75. The molecule has 2 aromatic carbocycles. The van der Waals surface area contributed by atoms with Crippen LogP contribution in [0.25, 0.3) is 11.5 Å². The highest BCUT2D eigenvalue weighted by Crippen LogP contribution is 2.18. The number of aromatic nitrogens is 2. The first-order chi connectivity index (χ1) is 12.2. The fourth-order valence-electron chi connectivity index (χ4n) is 2.43. The Balaban J connectivity index is 1.56. The van der Waals surface area contributed by atoms with Crippen molar-refractivity contribution in [1.29, 1.82) is 0 Å². The van der Waals surface area contributed by atoms with Crippen molar-refractivity contribution in [2.75, 3.05) is 13.7 Å². The van der Waals surface area contributed by atoms with Crippen LogP contribution < -0.4 is 10.1 Å². The number of ether oxygens (including phenoxy) is 1. The van der Waals surface area contributed by atoms with Crippen LogP contribution in [0.3, 0.4) is 0 Å². The van der Waals surface area contributed by atoms with Gasteiger partial charge in [0.1, 0.15) is 5.75 Å². The predicted molar refractivity (Wildman–Crippen MR) is 93.5 cm³/mol. The lowest BCUT2D eigenvalue weighted by Gasteiger charge is -2.07. The second kappa shape index (κ2) is 7.61. The van der Waals surface area contributed by atoms with E-state index in [4.69, 9.17) is 9.15 Å². The summed E-state index contributed by atoms with van der Waals surface area (Å²) in [7, 11) is 1.64. The zero-order valence-corrected chi connectivity index (χ0v) is 14.2. The van der Waals surface area contributed by atoms with E-state index >= 15 is 0 Å². The summed E-state index contributed by atoms with van der Waals surface area (Å²) in [5.74, 6) is 1.66. The molecule has 1 amide bonds. The van der Waals surface area contributed by atoms with Crippen LogP contribution in [-0.4, -0.2) is 29.8 Å². The van der Waals surface area contributed by atoms with Crippen molar-refractivity contribution in [3.8, 4) is 17.2 Å². The number of methoxy groups -OCH3 is 1. The van der Waals surface area contributed by atoms with Crippen LogP contribution in [0.5, 0.6) is 5.75 Å². The lowest BCUT2D eigenvalue weighted by Crippen LogP contribution is -2.25. The van der Waals surface area contributed by atoms with Gasteiger partial charge in [-0.1, -0.05) is 12.1 Å². The normalized spacial score (nSPS) is 10.5. The molecule has 0 saturated heterocycles. The van der Waals surface area contributed by atoms with E-state index in [1.807, 2.05) is 24.3 Å². The summed E-state index contributed by atoms with van der Waals surface area (Å²) in [6, 6.07) is 14.9. The first-order valence-corrected chi connectivity index (χ1v) is 7.97. The third kappa shape index (κ3) is 4.23. The van der Waals surface area contributed by atoms with E-state index in [-0.39, 0.29) is 5.91 Å². The lowest BCUT2D eigenvalue weighted by molar-refractivity contribution is 0.0954. The van der Waals surface area contributed by atoms with Crippen LogP contribution in [0, 0.1) is 6.92 Å². The quantitative estimate of drug-likeness (QED) is 0.748. The van der Waals surface area contributed by atoms with Gasteiger partial charge in [-0.3, -0.25) is 4.79 Å². The molecule has 0 spiro atoms. The molecule has 0 saturated carbocycles. The number of carbonyl (C=O) groups excluding carboxylic acids is 1. The summed E-state index contributed by atoms with van der Waals surface area (Å²) in [5, 5.41) is 10.7. The van der Waals surface area contributed by atoms with Gasteiger partial charge in [-0.2, -0.15) is 0 Å². The van der Waals surface area contributed by atoms with Gasteiger partial charge >= 0.3 is 0 Å². The van der Waals surface area contributed by atoms with E-state index in [2.05, 4.69) is 15.5 Å². The van der Waals surface area contributed by atoms with E-state index in [9.17, 15) is 4.79 Å². The molecular weight excluding hydrogens is 318 g/mol. The van der Waals surface area contributed by atoms with Crippen molar-refractivity contribution in [3.63, 3.8) is 0 Å². The van der Waals surface area contributed by atoms with Gasteiger partial charge < -0.3 is 14.5 Å². The Bertz CT molecular complexity index is 856. The molecule has 0 bridgehead atoms. The summed E-state index contributed by atoms with van der Waals surface area (Å²) < 4.78 is 10.6. The molecule has 6 heteroatoms. The van der Waals surface area contributed by atoms with Crippen LogP contribution >= 0.6 is 0 Å². The maximum Gasteiger partial charge on any atom is 0.251 e. The minimum atomic E-state index is -0.115. The maximum absolute atomic E-state index is 12.2. The second-order valence-electron chi connectivity index (χ2n) is 5.56. The molecule has 0 atom stereocenters. The zero-order chi connectivity index (χ0) is 17.6. The number of nitrogens with zero attached hydrogens (tertiary/aromatic N) is 2. The van der Waals surface area contributed by atoms with Gasteiger partial charge in [-0.15, -0.1) is 10.2 Å². The maximum atomic E-state index is 12.2. The Morgan fingerprint density at radius 3 is 2.64 bits per heavy atom. The number of hydrogen-bond donors (Lipinski definition) is 1. The van der Waals surface area contributed by atoms with Crippen molar-refractivity contribution in [2.24, 2.45) is 0 Å². The van der Waals surface area contributed by atoms with Crippen LogP contribution in [0.1, 0.15) is 21.8 Å². The van der Waals surface area contributed by atoms with Gasteiger partial charge in [0.25, 0.3) is 5.91 Å². The van der Waals surface area contributed by atoms with Gasteiger partial charge in [0.2, 0.25) is 11.8 Å². The second-order valence-corrected chi connectivity index (χ2v) is 5.56. The van der Waals surface area contributed by atoms with Crippen molar-refractivity contribution in [1.82, 2.24) is 15.5 Å². The number of amides is 1. The number of aryl methyl sites for hydroxylation is 1. The molecule has 1 heterocycles. The smallest absolute Gasteiger partial charge is 0.251 e. The Kier molecular flexibility index (Phi) is 5.09. The average Bonchev–Trinajstić information content (AvgIpc) is 3.08. The third-order valence-electron chi connectivity index (χ3n) is 3.75. The highest BCUT2D eigenvalue weighted by molar-refractivity contribution is 5.94. The van der Waals surface area contributed by atoms with Gasteiger partial charge in [-0.05, 0) is 48.4 Å². The molecule has 0 aliphatic carbocycles. The van der Waals surface area contributed by atoms with Crippen molar-refractivity contribution < 1.29 is 13.9 Å². The SMILES string of the molecule is COc1cccc(CCNC(=O)c2ccc(-c3nnc(C)o3)cc2)c1. The number of carbonyl (C=O) groups is 1. The number of benzene rings is 2. The van der Waals surface area contributed by atoms with E-state index in [0.717, 1.165) is 23.3 Å². The summed E-state index contributed by atoms with van der Waals surface area (Å²) in [5.41, 5.74) is 2.49. The first-order valence-electron chi connectivity index (χ1n) is 7.97. The average molecular weight is 337 g/mol. The van der Waals surface area contributed by atoms with E-state index in [1.165, 1.54) is 0 Å². The molecule has 6 nitrogen and oxygen atoms in total. The molecule has 0 radical (unpaired) electrons. The monoisotopic (exact) mass is 337 g/mol. The fourth-order valence-corrected chi connectivity index (χ4v) is 2.43. The molecule has 1 N–H and O–H groups in total. The summed E-state index contributed by atoms with van der Waals surface area (Å²) in [6.07, 6.45) is 0.738. The topological polar surface area (TPSA) is 77.2 Å². The van der Waals surface area contributed by atoms with Crippen molar-refractivity contribution in [2.45, 2.75) is 13.3 Å². The first kappa shape index (κ1) is 16.7. The summed E-state index contributed by atoms with van der Waals surface area (Å²) in [6.45, 7) is 2.29. The van der Waals surface area contributed by atoms with Crippen molar-refractivity contribution >= 4 is 5.91 Å². The number of rotatable bonds is 6. The van der Waals surface area contributed by atoms with Gasteiger partial charge in [-0.25, -0.2) is 0 Å². The molecule has 3 aromatic rings. The molecule has 0 fully saturated rings. The van der Waals surface area contributed by atoms with Crippen LogP contribution in [0.15, 0.2) is 52.9 Å². The van der Waals surface area contributed by atoms with Crippen LogP contribution in [-0.2, 0) is 6.42 Å². The van der Waals surface area contributed by atoms with E-state index in [0.29, 0.717) is 23.9 Å². The van der Waals surface area contributed by atoms with Crippen LogP contribution in [0.2, 0.25) is 0 Å². The summed E-state index contributed by atoms with van der Waals surface area (Å²) >= 11 is 0. The molecule has 25 heavy (non-hydrogen) atoms. The number of nitrogens with one attached hydrogen (secondary N) is 1. The summed E-state index contributed by atoms with van der Waals surface area (Å²) in [4.78, 5) is 12.2. The minimum Gasteiger partial charge on any atom is -0.497 e. The fraction of sp³-hybridized carbons (Fsp3) is 0.211.